The summed E-state index contributed by atoms with van der Waals surface area (Å²) in [4.78, 5) is 50.1. The fraction of sp³-hybridized carbons (Fsp3) is 0.500. The SMILES string of the molecule is [N-]=[N+]=NC1C(COP(=O)(O)OP(=O)(O)OP(=O)(O)O)OC(n2cnc3c(N)ncnc32)C1O. The van der Waals surface area contributed by atoms with Crippen molar-refractivity contribution >= 4 is 40.4 Å². The minimum atomic E-state index is -5.73. The van der Waals surface area contributed by atoms with E-state index in [1.807, 2.05) is 0 Å². The summed E-state index contributed by atoms with van der Waals surface area (Å²) >= 11 is 0. The van der Waals surface area contributed by atoms with Crippen LogP contribution < -0.4 is 5.73 Å². The smallest absolute Gasteiger partial charge is 0.388 e. The molecule has 20 nitrogen and oxygen atoms in total. The highest BCUT2D eigenvalue weighted by Gasteiger charge is 2.47. The number of phosphoric ester groups is 1. The maximum Gasteiger partial charge on any atom is 0.490 e. The third-order valence-electron chi connectivity index (χ3n) is 4.00. The molecule has 2 aromatic rings. The van der Waals surface area contributed by atoms with E-state index in [1.165, 1.54) is 10.9 Å². The van der Waals surface area contributed by atoms with Crippen molar-refractivity contribution < 1.29 is 56.3 Å². The zero-order valence-electron chi connectivity index (χ0n) is 15.8. The number of anilines is 1. The van der Waals surface area contributed by atoms with Gasteiger partial charge < -0.3 is 35.2 Å². The molecule has 7 N–H and O–H groups in total. The van der Waals surface area contributed by atoms with E-state index in [1.54, 1.807) is 0 Å². The van der Waals surface area contributed by atoms with Crippen LogP contribution in [0.25, 0.3) is 21.6 Å². The molecule has 23 heteroatoms. The van der Waals surface area contributed by atoms with Gasteiger partial charge in [-0.15, -0.1) is 0 Å². The maximum atomic E-state index is 11.9. The predicted molar refractivity (Wildman–Crippen MR) is 102 cm³/mol. The quantitative estimate of drug-likeness (QED) is 0.104. The number of hydrogen-bond donors (Lipinski definition) is 6. The second-order valence-electron chi connectivity index (χ2n) is 6.22. The van der Waals surface area contributed by atoms with Gasteiger partial charge in [0.25, 0.3) is 0 Å². The van der Waals surface area contributed by atoms with E-state index >= 15 is 0 Å². The van der Waals surface area contributed by atoms with Crippen LogP contribution in [0, 0.1) is 0 Å². The first-order valence-electron chi connectivity index (χ1n) is 8.32. The summed E-state index contributed by atoms with van der Waals surface area (Å²) < 4.78 is 52.5. The molecule has 0 aromatic carbocycles. The van der Waals surface area contributed by atoms with Gasteiger partial charge in [0, 0.05) is 4.91 Å². The van der Waals surface area contributed by atoms with Crippen LogP contribution in [-0.2, 0) is 31.6 Å². The molecular formula is C10H15N8O12P3. The second kappa shape index (κ2) is 9.32. The van der Waals surface area contributed by atoms with Crippen LogP contribution in [0.1, 0.15) is 6.23 Å². The minimum Gasteiger partial charge on any atom is -0.388 e. The molecule has 2 aromatic heterocycles. The molecule has 0 bridgehead atoms. The molecule has 0 aliphatic carbocycles. The highest BCUT2D eigenvalue weighted by molar-refractivity contribution is 7.66. The number of phosphoric acid groups is 3. The Balaban J connectivity index is 1.78. The Kier molecular flexibility index (Phi) is 7.24. The van der Waals surface area contributed by atoms with Crippen LogP contribution in [0.15, 0.2) is 17.8 Å². The van der Waals surface area contributed by atoms with E-state index in [0.717, 1.165) is 6.33 Å². The van der Waals surface area contributed by atoms with E-state index in [4.69, 9.17) is 25.8 Å². The van der Waals surface area contributed by atoms with Crippen molar-refractivity contribution in [3.63, 3.8) is 0 Å². The lowest BCUT2D eigenvalue weighted by atomic mass is 10.1. The topological polar surface area (TPSA) is 308 Å². The summed E-state index contributed by atoms with van der Waals surface area (Å²) in [7, 11) is -16.8. The lowest BCUT2D eigenvalue weighted by Gasteiger charge is -2.19. The number of nitrogens with zero attached hydrogens (tertiary/aromatic N) is 7. The molecule has 0 saturated carbocycles. The Hall–Kier alpha value is -2.01. The zero-order valence-corrected chi connectivity index (χ0v) is 18.5. The summed E-state index contributed by atoms with van der Waals surface area (Å²) in [6, 6.07) is -1.40. The van der Waals surface area contributed by atoms with Crippen LogP contribution >= 0.6 is 23.5 Å². The Morgan fingerprint density at radius 1 is 1.18 bits per heavy atom. The molecule has 33 heavy (non-hydrogen) atoms. The molecule has 0 radical (unpaired) electrons. The van der Waals surface area contributed by atoms with Crippen molar-refractivity contribution in [1.82, 2.24) is 19.5 Å². The van der Waals surface area contributed by atoms with Gasteiger partial charge in [-0.25, -0.2) is 28.6 Å². The zero-order chi connectivity index (χ0) is 24.6. The molecule has 1 aliphatic heterocycles. The molecule has 0 spiro atoms. The molecule has 182 valence electrons. The molecule has 1 saturated heterocycles. The van der Waals surface area contributed by atoms with Crippen molar-refractivity contribution in [2.24, 2.45) is 5.11 Å². The third kappa shape index (κ3) is 6.11. The molecule has 1 fully saturated rings. The monoisotopic (exact) mass is 532 g/mol. The predicted octanol–water partition coefficient (Wildman–Crippen LogP) is -0.311. The second-order valence-corrected chi connectivity index (χ2v) is 10.6. The average Bonchev–Trinajstić information content (AvgIpc) is 3.20. The van der Waals surface area contributed by atoms with E-state index in [-0.39, 0.29) is 17.0 Å². The van der Waals surface area contributed by atoms with E-state index < -0.39 is 54.6 Å². The van der Waals surface area contributed by atoms with Crippen molar-refractivity contribution in [1.29, 1.82) is 0 Å². The first-order chi connectivity index (χ1) is 15.2. The number of fused-ring (bicyclic) bond motifs is 1. The van der Waals surface area contributed by atoms with Gasteiger partial charge in [-0.3, -0.25) is 9.09 Å². The number of imidazole rings is 1. The average molecular weight is 532 g/mol. The van der Waals surface area contributed by atoms with Crippen LogP contribution in [0.5, 0.6) is 0 Å². The van der Waals surface area contributed by atoms with Gasteiger partial charge in [-0.1, -0.05) is 5.11 Å². The van der Waals surface area contributed by atoms with Crippen molar-refractivity contribution in [2.75, 3.05) is 12.3 Å². The van der Waals surface area contributed by atoms with E-state index in [9.17, 15) is 28.6 Å². The number of aromatic nitrogens is 4. The third-order valence-corrected chi connectivity index (χ3v) is 7.80. The maximum absolute atomic E-state index is 11.9. The van der Waals surface area contributed by atoms with Gasteiger partial charge in [0.1, 0.15) is 17.9 Å². The normalized spacial score (nSPS) is 27.1. The molecule has 3 rings (SSSR count). The first-order valence-corrected chi connectivity index (χ1v) is 12.8. The molecule has 6 atom stereocenters. The Morgan fingerprint density at radius 2 is 1.88 bits per heavy atom. The highest BCUT2D eigenvalue weighted by atomic mass is 31.3. The van der Waals surface area contributed by atoms with Crippen LogP contribution in [0.3, 0.4) is 0 Å². The summed E-state index contributed by atoms with van der Waals surface area (Å²) in [5, 5.41) is 13.9. The fourth-order valence-electron chi connectivity index (χ4n) is 2.83. The van der Waals surface area contributed by atoms with Gasteiger partial charge in [0.15, 0.2) is 17.7 Å². The fourth-order valence-corrected chi connectivity index (χ4v) is 5.86. The molecule has 6 unspecified atom stereocenters. The summed E-state index contributed by atoms with van der Waals surface area (Å²) in [6.45, 7) is -0.954. The molecular weight excluding hydrogens is 517 g/mol. The lowest BCUT2D eigenvalue weighted by molar-refractivity contribution is -0.0482. The van der Waals surface area contributed by atoms with Gasteiger partial charge in [0.05, 0.1) is 25.1 Å². The van der Waals surface area contributed by atoms with Crippen LogP contribution in [0.2, 0.25) is 0 Å². The Bertz CT molecular complexity index is 1230. The standard InChI is InChI=1S/C10H15N8O12P3/c11-8-6-9(14-2-13-8)18(3-15-6)10-7(19)5(16-17-12)4(28-10)1-27-32(23,24)30-33(25,26)29-31(20,21)22/h2-5,7,10,19H,1H2,(H,23,24)(H,25,26)(H2,11,13,14)(H2,20,21,22). The lowest BCUT2D eigenvalue weighted by Crippen LogP contribution is -2.32. The van der Waals surface area contributed by atoms with Crippen LogP contribution in [-0.4, -0.2) is 69.1 Å². The number of azide groups is 1. The summed E-state index contributed by atoms with van der Waals surface area (Å²) in [6.07, 6.45) is -1.95. The van der Waals surface area contributed by atoms with Crippen molar-refractivity contribution in [3.8, 4) is 0 Å². The number of hydrogen-bond acceptors (Lipinski definition) is 13. The highest BCUT2D eigenvalue weighted by Crippen LogP contribution is 2.66. The number of rotatable bonds is 9. The minimum absolute atomic E-state index is 0.0297. The van der Waals surface area contributed by atoms with Gasteiger partial charge >= 0.3 is 23.5 Å². The Morgan fingerprint density at radius 3 is 2.52 bits per heavy atom. The van der Waals surface area contributed by atoms with Crippen molar-refractivity contribution in [3.05, 3.63) is 23.1 Å². The van der Waals surface area contributed by atoms with Crippen molar-refractivity contribution in [2.45, 2.75) is 24.5 Å². The number of aliphatic hydroxyl groups excluding tert-OH is 1. The Labute approximate surface area is 182 Å². The summed E-state index contributed by atoms with van der Waals surface area (Å²) in [5.41, 5.74) is 14.8. The number of nitrogen functional groups attached to an aromatic ring is 1. The van der Waals surface area contributed by atoms with Crippen LogP contribution in [0.4, 0.5) is 5.82 Å². The van der Waals surface area contributed by atoms with Gasteiger partial charge in [-0.2, -0.15) is 8.62 Å². The largest absolute Gasteiger partial charge is 0.490 e. The van der Waals surface area contributed by atoms with E-state index in [0.29, 0.717) is 0 Å². The van der Waals surface area contributed by atoms with Gasteiger partial charge in [0.2, 0.25) is 0 Å². The number of aliphatic hydroxyl groups is 1. The number of nitrogens with two attached hydrogens (primary N) is 1. The summed E-state index contributed by atoms with van der Waals surface area (Å²) in [5.74, 6) is 0.0297. The van der Waals surface area contributed by atoms with Gasteiger partial charge in [-0.05, 0) is 5.53 Å². The number of ether oxygens (including phenoxy) is 1. The molecule has 3 heterocycles. The molecule has 0 amide bonds. The first kappa shape index (κ1) is 25.6. The molecule has 1 aliphatic rings. The van der Waals surface area contributed by atoms with E-state index in [2.05, 4.69) is 38.1 Å².